The van der Waals surface area contributed by atoms with Crippen LogP contribution >= 0.6 is 43.2 Å². The number of benzene rings is 1. The Hall–Kier alpha value is -0.360. The molecule has 0 aliphatic rings. The zero-order valence-corrected chi connectivity index (χ0v) is 14.7. The number of nitrogens with two attached hydrogens (primary N) is 1. The van der Waals surface area contributed by atoms with Gasteiger partial charge in [0.2, 0.25) is 0 Å². The van der Waals surface area contributed by atoms with Gasteiger partial charge < -0.3 is 10.5 Å². The maximum Gasteiger partial charge on any atom is 0.133 e. The second-order valence-electron chi connectivity index (χ2n) is 4.21. The van der Waals surface area contributed by atoms with Crippen molar-refractivity contribution in [2.24, 2.45) is 5.73 Å². The topological polar surface area (TPSA) is 35.2 Å². The van der Waals surface area contributed by atoms with Crippen LogP contribution in [0.5, 0.6) is 5.75 Å². The molecule has 1 atom stereocenters. The number of aryl methyl sites for hydroxylation is 1. The van der Waals surface area contributed by atoms with Gasteiger partial charge in [-0.2, -0.15) is 0 Å². The van der Waals surface area contributed by atoms with E-state index >= 15 is 0 Å². The first-order valence-corrected chi connectivity index (χ1v) is 8.36. The molecule has 1 aromatic carbocycles. The molecule has 0 fully saturated rings. The molecule has 0 bridgehead atoms. The summed E-state index contributed by atoms with van der Waals surface area (Å²) in [4.78, 5) is 1.15. The first kappa shape index (κ1) is 15.0. The Balaban J connectivity index is 2.28. The molecule has 2 N–H and O–H groups in total. The normalized spacial score (nSPS) is 12.5. The molecular formula is C14H15Br2NOS. The SMILES string of the molecule is CCOc1ccc(C(N)c2cc(C)c(Br)s2)cc1Br. The molecule has 0 spiro atoms. The zero-order valence-electron chi connectivity index (χ0n) is 10.7. The summed E-state index contributed by atoms with van der Waals surface area (Å²) in [6.45, 7) is 4.70. The Kier molecular flexibility index (Phi) is 5.06. The second-order valence-corrected chi connectivity index (χ2v) is 7.46. The van der Waals surface area contributed by atoms with Gasteiger partial charge in [-0.25, -0.2) is 0 Å². The summed E-state index contributed by atoms with van der Waals surface area (Å²) in [5.74, 6) is 0.849. The fraction of sp³-hybridized carbons (Fsp3) is 0.286. The molecule has 2 aromatic rings. The van der Waals surface area contributed by atoms with Crippen LogP contribution in [0.2, 0.25) is 0 Å². The van der Waals surface area contributed by atoms with Crippen LogP contribution in [0.4, 0.5) is 0 Å². The molecule has 0 saturated heterocycles. The Labute approximate surface area is 134 Å². The smallest absolute Gasteiger partial charge is 0.133 e. The number of ether oxygens (including phenoxy) is 1. The van der Waals surface area contributed by atoms with E-state index in [1.807, 2.05) is 25.1 Å². The largest absolute Gasteiger partial charge is 0.493 e. The number of thiophene rings is 1. The minimum atomic E-state index is -0.109. The molecule has 0 amide bonds. The molecule has 2 rings (SSSR count). The standard InChI is InChI=1S/C14H15Br2NOS/c1-3-18-11-5-4-9(7-10(11)15)13(17)12-6-8(2)14(16)19-12/h4-7,13H,3,17H2,1-2H3. The van der Waals surface area contributed by atoms with Crippen molar-refractivity contribution in [1.29, 1.82) is 0 Å². The van der Waals surface area contributed by atoms with Gasteiger partial charge in [0.1, 0.15) is 5.75 Å². The highest BCUT2D eigenvalue weighted by molar-refractivity contribution is 9.11. The summed E-state index contributed by atoms with van der Waals surface area (Å²) in [5.41, 5.74) is 8.62. The summed E-state index contributed by atoms with van der Waals surface area (Å²) < 4.78 is 7.59. The van der Waals surface area contributed by atoms with Crippen LogP contribution in [0.25, 0.3) is 0 Å². The predicted octanol–water partition coefficient (Wildman–Crippen LogP) is 5.03. The molecule has 5 heteroatoms. The van der Waals surface area contributed by atoms with E-state index in [1.165, 1.54) is 5.56 Å². The van der Waals surface area contributed by atoms with Gasteiger partial charge in [-0.15, -0.1) is 11.3 Å². The van der Waals surface area contributed by atoms with E-state index in [0.29, 0.717) is 6.61 Å². The second kappa shape index (κ2) is 6.39. The number of rotatable bonds is 4. The van der Waals surface area contributed by atoms with E-state index in [0.717, 1.165) is 24.4 Å². The van der Waals surface area contributed by atoms with Gasteiger partial charge in [0, 0.05) is 4.88 Å². The average molecular weight is 405 g/mol. The summed E-state index contributed by atoms with van der Waals surface area (Å²) in [6, 6.07) is 8.02. The van der Waals surface area contributed by atoms with Crippen molar-refractivity contribution in [3.63, 3.8) is 0 Å². The average Bonchev–Trinajstić information content (AvgIpc) is 2.71. The van der Waals surface area contributed by atoms with Crippen molar-refractivity contribution in [3.05, 3.63) is 48.5 Å². The minimum absolute atomic E-state index is 0.109. The highest BCUT2D eigenvalue weighted by atomic mass is 79.9. The first-order valence-electron chi connectivity index (χ1n) is 5.96. The van der Waals surface area contributed by atoms with Crippen LogP contribution in [0.15, 0.2) is 32.5 Å². The van der Waals surface area contributed by atoms with Crippen LogP contribution in [-0.4, -0.2) is 6.61 Å². The van der Waals surface area contributed by atoms with Crippen molar-refractivity contribution < 1.29 is 4.74 Å². The van der Waals surface area contributed by atoms with Crippen LogP contribution in [-0.2, 0) is 0 Å². The van der Waals surface area contributed by atoms with Crippen molar-refractivity contribution >= 4 is 43.2 Å². The van der Waals surface area contributed by atoms with Crippen LogP contribution in [0.3, 0.4) is 0 Å². The highest BCUT2D eigenvalue weighted by Crippen LogP contribution is 2.35. The van der Waals surface area contributed by atoms with E-state index in [1.54, 1.807) is 11.3 Å². The monoisotopic (exact) mass is 403 g/mol. The van der Waals surface area contributed by atoms with E-state index in [9.17, 15) is 0 Å². The third kappa shape index (κ3) is 3.40. The fourth-order valence-corrected chi connectivity index (χ4v) is 3.90. The molecule has 0 aliphatic carbocycles. The number of hydrogen-bond acceptors (Lipinski definition) is 3. The Morgan fingerprint density at radius 2 is 2.05 bits per heavy atom. The Morgan fingerprint density at radius 1 is 1.32 bits per heavy atom. The van der Waals surface area contributed by atoms with Crippen molar-refractivity contribution in [2.45, 2.75) is 19.9 Å². The molecule has 0 aliphatic heterocycles. The van der Waals surface area contributed by atoms with Gasteiger partial charge in [0.25, 0.3) is 0 Å². The summed E-state index contributed by atoms with van der Waals surface area (Å²) in [6.07, 6.45) is 0. The first-order chi connectivity index (χ1) is 9.02. The lowest BCUT2D eigenvalue weighted by Gasteiger charge is -2.12. The summed E-state index contributed by atoms with van der Waals surface area (Å²) in [5, 5.41) is 0. The maximum absolute atomic E-state index is 6.32. The van der Waals surface area contributed by atoms with E-state index in [4.69, 9.17) is 10.5 Å². The van der Waals surface area contributed by atoms with Gasteiger partial charge in [-0.1, -0.05) is 6.07 Å². The third-order valence-corrected chi connectivity index (χ3v) is 5.64. The van der Waals surface area contributed by atoms with Gasteiger partial charge in [0.15, 0.2) is 0 Å². The highest BCUT2D eigenvalue weighted by Gasteiger charge is 2.14. The van der Waals surface area contributed by atoms with Gasteiger partial charge in [-0.05, 0) is 75.0 Å². The summed E-state index contributed by atoms with van der Waals surface area (Å²) in [7, 11) is 0. The molecule has 1 unspecified atom stereocenters. The van der Waals surface area contributed by atoms with Crippen LogP contribution in [0, 0.1) is 6.92 Å². The molecule has 2 nitrogen and oxygen atoms in total. The molecule has 0 saturated carbocycles. The van der Waals surface area contributed by atoms with E-state index < -0.39 is 0 Å². The molecule has 0 radical (unpaired) electrons. The minimum Gasteiger partial charge on any atom is -0.493 e. The molecular weight excluding hydrogens is 390 g/mol. The maximum atomic E-state index is 6.32. The third-order valence-electron chi connectivity index (χ3n) is 2.80. The lowest BCUT2D eigenvalue weighted by Crippen LogP contribution is -2.10. The van der Waals surface area contributed by atoms with Crippen molar-refractivity contribution in [1.82, 2.24) is 0 Å². The number of halogens is 2. The Morgan fingerprint density at radius 3 is 2.58 bits per heavy atom. The predicted molar refractivity (Wildman–Crippen MR) is 88.1 cm³/mol. The lowest BCUT2D eigenvalue weighted by atomic mass is 10.1. The van der Waals surface area contributed by atoms with E-state index in [-0.39, 0.29) is 6.04 Å². The quantitative estimate of drug-likeness (QED) is 0.775. The fourth-order valence-electron chi connectivity index (χ4n) is 1.78. The van der Waals surface area contributed by atoms with Crippen LogP contribution in [0.1, 0.15) is 29.0 Å². The van der Waals surface area contributed by atoms with E-state index in [2.05, 4.69) is 44.8 Å². The molecule has 102 valence electrons. The molecule has 1 aromatic heterocycles. The lowest BCUT2D eigenvalue weighted by molar-refractivity contribution is 0.338. The summed E-state index contributed by atoms with van der Waals surface area (Å²) >= 11 is 8.74. The van der Waals surface area contributed by atoms with Gasteiger partial charge in [0.05, 0.1) is 20.9 Å². The Bertz CT molecular complexity index is 563. The van der Waals surface area contributed by atoms with Crippen molar-refractivity contribution in [2.75, 3.05) is 6.61 Å². The number of hydrogen-bond donors (Lipinski definition) is 1. The molecule has 1 heterocycles. The van der Waals surface area contributed by atoms with Gasteiger partial charge in [-0.3, -0.25) is 0 Å². The van der Waals surface area contributed by atoms with Crippen molar-refractivity contribution in [3.8, 4) is 5.75 Å². The zero-order chi connectivity index (χ0) is 14.0. The van der Waals surface area contributed by atoms with Gasteiger partial charge >= 0.3 is 0 Å². The molecule has 19 heavy (non-hydrogen) atoms. The van der Waals surface area contributed by atoms with Crippen LogP contribution < -0.4 is 10.5 Å².